The van der Waals surface area contributed by atoms with E-state index in [9.17, 15) is 13.2 Å². The van der Waals surface area contributed by atoms with Crippen molar-refractivity contribution in [3.05, 3.63) is 48.5 Å². The molecule has 1 N–H and O–H groups in total. The van der Waals surface area contributed by atoms with Crippen LogP contribution in [0.25, 0.3) is 0 Å². The maximum absolute atomic E-state index is 12.2. The molecular formula is C24H33N3O5S. The number of para-hydroxylation sites is 2. The van der Waals surface area contributed by atoms with E-state index in [1.54, 1.807) is 31.4 Å². The molecule has 2 aromatic rings. The summed E-state index contributed by atoms with van der Waals surface area (Å²) in [6.07, 6.45) is 3.35. The Labute approximate surface area is 196 Å². The molecule has 0 spiro atoms. The number of ketones is 1. The Balaban J connectivity index is 1.32. The van der Waals surface area contributed by atoms with Crippen LogP contribution < -0.4 is 19.1 Å². The number of rotatable bonds is 12. The molecule has 1 saturated heterocycles. The van der Waals surface area contributed by atoms with E-state index in [2.05, 4.69) is 20.6 Å². The van der Waals surface area contributed by atoms with E-state index in [0.29, 0.717) is 17.9 Å². The summed E-state index contributed by atoms with van der Waals surface area (Å²) >= 11 is 0. The van der Waals surface area contributed by atoms with E-state index in [-0.39, 0.29) is 12.4 Å². The van der Waals surface area contributed by atoms with E-state index in [1.807, 2.05) is 18.2 Å². The van der Waals surface area contributed by atoms with Crippen LogP contribution in [0, 0.1) is 0 Å². The third-order valence-electron chi connectivity index (χ3n) is 5.52. The lowest BCUT2D eigenvalue weighted by Gasteiger charge is -2.36. The van der Waals surface area contributed by atoms with Crippen molar-refractivity contribution in [1.29, 1.82) is 0 Å². The van der Waals surface area contributed by atoms with Gasteiger partial charge >= 0.3 is 0 Å². The van der Waals surface area contributed by atoms with Crippen molar-refractivity contribution in [2.24, 2.45) is 0 Å². The maximum atomic E-state index is 12.2. The molecule has 9 heteroatoms. The second-order valence-corrected chi connectivity index (χ2v) is 9.94. The van der Waals surface area contributed by atoms with Crippen LogP contribution >= 0.6 is 0 Å². The smallest absolute Gasteiger partial charge is 0.229 e. The second-order valence-electron chi connectivity index (χ2n) is 8.19. The molecule has 33 heavy (non-hydrogen) atoms. The first kappa shape index (κ1) is 24.9. The van der Waals surface area contributed by atoms with Gasteiger partial charge in [0.2, 0.25) is 10.0 Å². The number of piperazine rings is 1. The van der Waals surface area contributed by atoms with Gasteiger partial charge in [0.05, 0.1) is 24.7 Å². The zero-order chi connectivity index (χ0) is 23.7. The molecule has 2 aromatic carbocycles. The number of methoxy groups -OCH3 is 1. The highest BCUT2D eigenvalue weighted by atomic mass is 32.2. The number of ether oxygens (including phenoxy) is 2. The standard InChI is InChI=1S/C24H33N3O5S/c1-31-24-12-4-3-11-23(24)27-16-14-26(15-17-27)13-6-5-9-21(28)19-32-22-10-7-8-20(18-22)25-33(2,29)30/h3-4,7-8,10-12,18,25H,5-6,9,13-17,19H2,1-2H3. The normalized spacial score (nSPS) is 14.7. The first-order valence-corrected chi connectivity index (χ1v) is 13.1. The summed E-state index contributed by atoms with van der Waals surface area (Å²) in [4.78, 5) is 17.0. The van der Waals surface area contributed by atoms with E-state index in [0.717, 1.165) is 63.3 Å². The molecule has 0 bridgehead atoms. The number of carbonyl (C=O) groups excluding carboxylic acids is 1. The molecule has 1 heterocycles. The van der Waals surface area contributed by atoms with Crippen LogP contribution in [0.4, 0.5) is 11.4 Å². The lowest BCUT2D eigenvalue weighted by atomic mass is 10.1. The quantitative estimate of drug-likeness (QED) is 0.472. The largest absolute Gasteiger partial charge is 0.495 e. The van der Waals surface area contributed by atoms with Gasteiger partial charge in [0.15, 0.2) is 5.78 Å². The van der Waals surface area contributed by atoms with Crippen LogP contribution in [-0.2, 0) is 14.8 Å². The van der Waals surface area contributed by atoms with Gasteiger partial charge in [-0.25, -0.2) is 8.42 Å². The molecule has 0 aliphatic carbocycles. The zero-order valence-corrected chi connectivity index (χ0v) is 20.1. The van der Waals surface area contributed by atoms with Gasteiger partial charge in [0.25, 0.3) is 0 Å². The average Bonchev–Trinajstić information content (AvgIpc) is 2.80. The third-order valence-corrected chi connectivity index (χ3v) is 6.12. The molecule has 0 saturated carbocycles. The Morgan fingerprint density at radius 2 is 1.79 bits per heavy atom. The predicted octanol–water partition coefficient (Wildman–Crippen LogP) is 3.01. The molecule has 0 aromatic heterocycles. The maximum Gasteiger partial charge on any atom is 0.229 e. The first-order valence-electron chi connectivity index (χ1n) is 11.2. The van der Waals surface area contributed by atoms with Gasteiger partial charge < -0.3 is 14.4 Å². The van der Waals surface area contributed by atoms with Crippen LogP contribution in [0.5, 0.6) is 11.5 Å². The van der Waals surface area contributed by atoms with E-state index >= 15 is 0 Å². The minimum absolute atomic E-state index is 0.0140. The third kappa shape index (κ3) is 8.25. The van der Waals surface area contributed by atoms with Crippen LogP contribution in [0.1, 0.15) is 19.3 Å². The molecule has 0 radical (unpaired) electrons. The lowest BCUT2D eigenvalue weighted by molar-refractivity contribution is -0.121. The Bertz CT molecular complexity index is 1020. The number of nitrogens with zero attached hydrogens (tertiary/aromatic N) is 2. The summed E-state index contributed by atoms with van der Waals surface area (Å²) in [5.41, 5.74) is 1.55. The summed E-state index contributed by atoms with van der Waals surface area (Å²) in [6, 6.07) is 14.7. The van der Waals surface area contributed by atoms with Crippen molar-refractivity contribution < 1.29 is 22.7 Å². The summed E-state index contributed by atoms with van der Waals surface area (Å²) in [5, 5.41) is 0. The number of hydrogen-bond acceptors (Lipinski definition) is 7. The van der Waals surface area contributed by atoms with Crippen LogP contribution in [0.2, 0.25) is 0 Å². The summed E-state index contributed by atoms with van der Waals surface area (Å²) < 4.78 is 36.1. The zero-order valence-electron chi connectivity index (χ0n) is 19.3. The molecule has 0 unspecified atom stereocenters. The minimum Gasteiger partial charge on any atom is -0.495 e. The average molecular weight is 476 g/mol. The van der Waals surface area contributed by atoms with Crippen molar-refractivity contribution >= 4 is 27.2 Å². The Morgan fingerprint density at radius 1 is 1.03 bits per heavy atom. The summed E-state index contributed by atoms with van der Waals surface area (Å²) in [5.74, 6) is 1.41. The summed E-state index contributed by atoms with van der Waals surface area (Å²) in [7, 11) is -1.65. The van der Waals surface area contributed by atoms with Crippen molar-refractivity contribution in [1.82, 2.24) is 4.90 Å². The monoisotopic (exact) mass is 475 g/mol. The minimum atomic E-state index is -3.35. The number of unbranched alkanes of at least 4 members (excludes halogenated alkanes) is 1. The van der Waals surface area contributed by atoms with Crippen molar-refractivity contribution in [2.45, 2.75) is 19.3 Å². The number of nitrogens with one attached hydrogen (secondary N) is 1. The van der Waals surface area contributed by atoms with Gasteiger partial charge in [0, 0.05) is 38.7 Å². The Morgan fingerprint density at radius 3 is 2.52 bits per heavy atom. The Kier molecular flexibility index (Phi) is 8.96. The number of hydrogen-bond donors (Lipinski definition) is 1. The van der Waals surface area contributed by atoms with Crippen LogP contribution in [0.15, 0.2) is 48.5 Å². The molecule has 0 atom stereocenters. The summed E-state index contributed by atoms with van der Waals surface area (Å²) in [6.45, 7) is 4.87. The van der Waals surface area contributed by atoms with Crippen LogP contribution in [-0.4, -0.2) is 71.8 Å². The van der Waals surface area contributed by atoms with E-state index < -0.39 is 10.0 Å². The molecule has 1 fully saturated rings. The molecular weight excluding hydrogens is 442 g/mol. The number of sulfonamides is 1. The predicted molar refractivity (Wildman–Crippen MR) is 131 cm³/mol. The fourth-order valence-corrected chi connectivity index (χ4v) is 4.42. The first-order chi connectivity index (χ1) is 15.8. The van der Waals surface area contributed by atoms with E-state index in [4.69, 9.17) is 9.47 Å². The van der Waals surface area contributed by atoms with Gasteiger partial charge in [-0.1, -0.05) is 18.2 Å². The SMILES string of the molecule is COc1ccccc1N1CCN(CCCCC(=O)COc2cccc(NS(C)(=O)=O)c2)CC1. The number of Topliss-reactive ketones (excluding diaryl/α,β-unsaturated/α-hetero) is 1. The molecule has 1 aliphatic heterocycles. The van der Waals surface area contributed by atoms with Crippen molar-refractivity contribution in [3.63, 3.8) is 0 Å². The number of anilines is 2. The van der Waals surface area contributed by atoms with Crippen molar-refractivity contribution in [2.75, 3.05) is 62.3 Å². The highest BCUT2D eigenvalue weighted by Crippen LogP contribution is 2.28. The molecule has 180 valence electrons. The van der Waals surface area contributed by atoms with Gasteiger partial charge in [0.1, 0.15) is 18.1 Å². The lowest BCUT2D eigenvalue weighted by Crippen LogP contribution is -2.46. The van der Waals surface area contributed by atoms with Crippen molar-refractivity contribution in [3.8, 4) is 11.5 Å². The second kappa shape index (κ2) is 11.9. The van der Waals surface area contributed by atoms with Gasteiger partial charge in [-0.15, -0.1) is 0 Å². The van der Waals surface area contributed by atoms with Gasteiger partial charge in [-0.2, -0.15) is 0 Å². The fraction of sp³-hybridized carbons (Fsp3) is 0.458. The number of benzene rings is 2. The fourth-order valence-electron chi connectivity index (χ4n) is 3.86. The highest BCUT2D eigenvalue weighted by Gasteiger charge is 2.19. The molecule has 1 aliphatic rings. The van der Waals surface area contributed by atoms with E-state index in [1.165, 1.54) is 0 Å². The molecule has 8 nitrogen and oxygen atoms in total. The van der Waals surface area contributed by atoms with Gasteiger partial charge in [-0.05, 0) is 43.7 Å². The molecule has 0 amide bonds. The topological polar surface area (TPSA) is 88.2 Å². The Hall–Kier alpha value is -2.78. The van der Waals surface area contributed by atoms with Crippen LogP contribution in [0.3, 0.4) is 0 Å². The van der Waals surface area contributed by atoms with Gasteiger partial charge in [-0.3, -0.25) is 14.4 Å². The molecule has 3 rings (SSSR count). The number of carbonyl (C=O) groups is 1. The highest BCUT2D eigenvalue weighted by molar-refractivity contribution is 7.92.